The van der Waals surface area contributed by atoms with Gasteiger partial charge in [0, 0.05) is 34.8 Å². The number of aromatic nitrogens is 2. The van der Waals surface area contributed by atoms with Gasteiger partial charge in [-0.25, -0.2) is 0 Å². The number of carbonyl (C=O) groups excluding carboxylic acids is 2. The van der Waals surface area contributed by atoms with Crippen molar-refractivity contribution in [3.8, 4) is 11.3 Å². The highest BCUT2D eigenvalue weighted by Gasteiger charge is 2.08. The van der Waals surface area contributed by atoms with Gasteiger partial charge in [0.05, 0.1) is 0 Å². The molecule has 1 heterocycles. The summed E-state index contributed by atoms with van der Waals surface area (Å²) < 4.78 is 3.83. The molecule has 6 nitrogen and oxygen atoms in total. The molecule has 0 atom stereocenters. The van der Waals surface area contributed by atoms with Gasteiger partial charge in [0.1, 0.15) is 5.69 Å². The SMILES string of the molecule is CC(=O)Nc1cccc(C(=O)Nc2ccc(-c3csnn3)cc2)c1. The lowest BCUT2D eigenvalue weighted by Gasteiger charge is -2.08. The normalized spacial score (nSPS) is 10.2. The number of amides is 2. The molecular formula is C17H14N4O2S. The number of carbonyl (C=O) groups is 2. The van der Waals surface area contributed by atoms with Crippen molar-refractivity contribution >= 4 is 34.7 Å². The van der Waals surface area contributed by atoms with E-state index in [0.29, 0.717) is 16.9 Å². The Morgan fingerprint density at radius 3 is 2.46 bits per heavy atom. The lowest BCUT2D eigenvalue weighted by atomic mass is 10.1. The molecule has 3 aromatic rings. The van der Waals surface area contributed by atoms with Gasteiger partial charge in [-0.2, -0.15) is 0 Å². The second-order valence-electron chi connectivity index (χ2n) is 5.08. The van der Waals surface area contributed by atoms with E-state index in [2.05, 4.69) is 20.2 Å². The quantitative estimate of drug-likeness (QED) is 0.763. The zero-order valence-corrected chi connectivity index (χ0v) is 13.6. The minimum atomic E-state index is -0.245. The second kappa shape index (κ2) is 7.01. The maximum atomic E-state index is 12.3. The number of benzene rings is 2. The summed E-state index contributed by atoms with van der Waals surface area (Å²) in [4.78, 5) is 23.4. The Morgan fingerprint density at radius 2 is 1.79 bits per heavy atom. The Balaban J connectivity index is 1.71. The third-order valence-electron chi connectivity index (χ3n) is 3.24. The molecule has 2 N–H and O–H groups in total. The van der Waals surface area contributed by atoms with Crippen molar-refractivity contribution in [1.29, 1.82) is 0 Å². The molecule has 24 heavy (non-hydrogen) atoms. The van der Waals surface area contributed by atoms with E-state index >= 15 is 0 Å². The van der Waals surface area contributed by atoms with Crippen LogP contribution in [0.2, 0.25) is 0 Å². The van der Waals surface area contributed by atoms with Crippen LogP contribution in [0.3, 0.4) is 0 Å². The average Bonchev–Trinajstić information content (AvgIpc) is 3.09. The van der Waals surface area contributed by atoms with E-state index in [1.165, 1.54) is 18.5 Å². The fourth-order valence-electron chi connectivity index (χ4n) is 2.16. The molecule has 0 aliphatic heterocycles. The number of anilines is 2. The first-order chi connectivity index (χ1) is 11.6. The maximum absolute atomic E-state index is 12.3. The van der Waals surface area contributed by atoms with E-state index in [9.17, 15) is 9.59 Å². The maximum Gasteiger partial charge on any atom is 0.255 e. The van der Waals surface area contributed by atoms with Crippen LogP contribution >= 0.6 is 11.5 Å². The standard InChI is InChI=1S/C17H14N4O2S/c1-11(22)18-15-4-2-3-13(9-15)17(23)19-14-7-5-12(6-8-14)16-10-24-21-20-16/h2-10H,1H3,(H,18,22)(H,19,23). The van der Waals surface area contributed by atoms with Gasteiger partial charge in [0.25, 0.3) is 5.91 Å². The minimum absolute atomic E-state index is 0.181. The van der Waals surface area contributed by atoms with Crippen molar-refractivity contribution in [2.45, 2.75) is 6.92 Å². The van der Waals surface area contributed by atoms with Crippen LogP contribution in [0, 0.1) is 0 Å². The van der Waals surface area contributed by atoms with Crippen LogP contribution in [-0.4, -0.2) is 21.4 Å². The van der Waals surface area contributed by atoms with Gasteiger partial charge in [-0.1, -0.05) is 22.7 Å². The Kier molecular flexibility index (Phi) is 4.62. The Bertz CT molecular complexity index is 861. The van der Waals surface area contributed by atoms with Crippen LogP contribution in [0.1, 0.15) is 17.3 Å². The molecule has 0 saturated carbocycles. The summed E-state index contributed by atoms with van der Waals surface area (Å²) in [7, 11) is 0. The lowest BCUT2D eigenvalue weighted by Crippen LogP contribution is -2.13. The molecule has 0 unspecified atom stereocenters. The largest absolute Gasteiger partial charge is 0.326 e. The molecule has 0 saturated heterocycles. The Labute approximate surface area is 142 Å². The van der Waals surface area contributed by atoms with Crippen molar-refractivity contribution in [3.63, 3.8) is 0 Å². The zero-order chi connectivity index (χ0) is 16.9. The number of nitrogens with one attached hydrogen (secondary N) is 2. The van der Waals surface area contributed by atoms with Crippen LogP contribution in [0.15, 0.2) is 53.9 Å². The predicted molar refractivity (Wildman–Crippen MR) is 94.0 cm³/mol. The van der Waals surface area contributed by atoms with Crippen LogP contribution in [-0.2, 0) is 4.79 Å². The summed E-state index contributed by atoms with van der Waals surface area (Å²) in [6.45, 7) is 1.42. The molecular weight excluding hydrogens is 324 g/mol. The molecule has 0 radical (unpaired) electrons. The topological polar surface area (TPSA) is 84.0 Å². The smallest absolute Gasteiger partial charge is 0.255 e. The third kappa shape index (κ3) is 3.82. The highest BCUT2D eigenvalue weighted by Crippen LogP contribution is 2.20. The lowest BCUT2D eigenvalue weighted by molar-refractivity contribution is -0.114. The molecule has 2 amide bonds. The van der Waals surface area contributed by atoms with Crippen LogP contribution in [0.4, 0.5) is 11.4 Å². The summed E-state index contributed by atoms with van der Waals surface area (Å²) in [6.07, 6.45) is 0. The molecule has 120 valence electrons. The molecule has 3 rings (SSSR count). The monoisotopic (exact) mass is 338 g/mol. The first kappa shape index (κ1) is 15.8. The van der Waals surface area contributed by atoms with Crippen molar-refractivity contribution < 1.29 is 9.59 Å². The molecule has 0 bridgehead atoms. The summed E-state index contributed by atoms with van der Waals surface area (Å²) in [5.41, 5.74) is 3.47. The van der Waals surface area contributed by atoms with Crippen LogP contribution in [0.5, 0.6) is 0 Å². The first-order valence-electron chi connectivity index (χ1n) is 7.18. The number of hydrogen-bond acceptors (Lipinski definition) is 5. The first-order valence-corrected chi connectivity index (χ1v) is 8.02. The third-order valence-corrected chi connectivity index (χ3v) is 3.75. The Morgan fingerprint density at radius 1 is 1.00 bits per heavy atom. The van der Waals surface area contributed by atoms with Gasteiger partial charge in [-0.3, -0.25) is 9.59 Å². The van der Waals surface area contributed by atoms with E-state index in [1.54, 1.807) is 24.3 Å². The van der Waals surface area contributed by atoms with Gasteiger partial charge in [0.2, 0.25) is 5.91 Å². The van der Waals surface area contributed by atoms with Gasteiger partial charge < -0.3 is 10.6 Å². The highest BCUT2D eigenvalue weighted by molar-refractivity contribution is 7.03. The van der Waals surface area contributed by atoms with Gasteiger partial charge >= 0.3 is 0 Å². The van der Waals surface area contributed by atoms with E-state index < -0.39 is 0 Å². The molecule has 0 fully saturated rings. The highest BCUT2D eigenvalue weighted by atomic mass is 32.1. The molecule has 0 spiro atoms. The zero-order valence-electron chi connectivity index (χ0n) is 12.8. The second-order valence-corrected chi connectivity index (χ2v) is 5.69. The van der Waals surface area contributed by atoms with Gasteiger partial charge in [-0.05, 0) is 41.9 Å². The van der Waals surface area contributed by atoms with Crippen molar-refractivity contribution in [2.75, 3.05) is 10.6 Å². The number of hydrogen-bond donors (Lipinski definition) is 2. The summed E-state index contributed by atoms with van der Waals surface area (Å²) in [6, 6.07) is 14.1. The molecule has 2 aromatic carbocycles. The van der Waals surface area contributed by atoms with Gasteiger partial charge in [0.15, 0.2) is 0 Å². The van der Waals surface area contributed by atoms with Crippen LogP contribution in [0.25, 0.3) is 11.3 Å². The van der Waals surface area contributed by atoms with E-state index in [0.717, 1.165) is 11.3 Å². The minimum Gasteiger partial charge on any atom is -0.326 e. The molecule has 0 aliphatic rings. The number of rotatable bonds is 4. The van der Waals surface area contributed by atoms with Gasteiger partial charge in [-0.15, -0.1) is 5.10 Å². The van der Waals surface area contributed by atoms with Crippen molar-refractivity contribution in [3.05, 3.63) is 59.5 Å². The van der Waals surface area contributed by atoms with Crippen LogP contribution < -0.4 is 10.6 Å². The predicted octanol–water partition coefficient (Wildman–Crippen LogP) is 3.42. The molecule has 7 heteroatoms. The Hall–Kier alpha value is -3.06. The number of nitrogens with zero attached hydrogens (tertiary/aromatic N) is 2. The summed E-state index contributed by atoms with van der Waals surface area (Å²) in [5, 5.41) is 11.3. The fraction of sp³-hybridized carbons (Fsp3) is 0.0588. The van der Waals surface area contributed by atoms with E-state index in [4.69, 9.17) is 0 Å². The summed E-state index contributed by atoms with van der Waals surface area (Å²) in [5.74, 6) is -0.426. The fourth-order valence-corrected chi connectivity index (χ4v) is 2.62. The summed E-state index contributed by atoms with van der Waals surface area (Å²) >= 11 is 1.29. The van der Waals surface area contributed by atoms with Crippen molar-refractivity contribution in [1.82, 2.24) is 9.59 Å². The van der Waals surface area contributed by atoms with E-state index in [-0.39, 0.29) is 11.8 Å². The van der Waals surface area contributed by atoms with Crippen molar-refractivity contribution in [2.24, 2.45) is 0 Å². The molecule has 1 aromatic heterocycles. The molecule has 0 aliphatic carbocycles. The van der Waals surface area contributed by atoms with E-state index in [1.807, 2.05) is 29.6 Å². The average molecular weight is 338 g/mol.